The van der Waals surface area contributed by atoms with Gasteiger partial charge in [-0.05, 0) is 62.1 Å². The van der Waals surface area contributed by atoms with Crippen LogP contribution in [0.15, 0.2) is 42.5 Å². The van der Waals surface area contributed by atoms with Crippen LogP contribution >= 0.6 is 0 Å². The van der Waals surface area contributed by atoms with Crippen molar-refractivity contribution in [3.05, 3.63) is 59.2 Å². The number of benzene rings is 2. The van der Waals surface area contributed by atoms with Crippen LogP contribution in [0.3, 0.4) is 0 Å². The standard InChI is InChI=1S/C23H28N2O4/c1-16-8-9-18(14-17(16)2)23(27)25-12-10-19(11-13-25)24-22(26)15-29-21-7-5-4-6-20(21)28-3/h4-9,14,19H,10-13,15H2,1-3H3,(H,24,26). The van der Waals surface area contributed by atoms with E-state index < -0.39 is 0 Å². The van der Waals surface area contributed by atoms with Crippen LogP contribution in [-0.2, 0) is 4.79 Å². The number of aryl methyl sites for hydroxylation is 2. The summed E-state index contributed by atoms with van der Waals surface area (Å²) in [5.74, 6) is 1.02. The quantitative estimate of drug-likeness (QED) is 0.815. The highest BCUT2D eigenvalue weighted by atomic mass is 16.5. The normalized spacial score (nSPS) is 14.4. The third-order valence-corrected chi connectivity index (χ3v) is 5.33. The molecule has 0 bridgehead atoms. The first-order chi connectivity index (χ1) is 14.0. The van der Waals surface area contributed by atoms with Gasteiger partial charge in [0.25, 0.3) is 11.8 Å². The van der Waals surface area contributed by atoms with E-state index in [4.69, 9.17) is 9.47 Å². The van der Waals surface area contributed by atoms with Gasteiger partial charge >= 0.3 is 0 Å². The summed E-state index contributed by atoms with van der Waals surface area (Å²) in [6, 6.07) is 13.1. The van der Waals surface area contributed by atoms with Crippen LogP contribution in [0.1, 0.15) is 34.3 Å². The maximum atomic E-state index is 12.7. The van der Waals surface area contributed by atoms with E-state index in [1.807, 2.05) is 49.1 Å². The first-order valence-corrected chi connectivity index (χ1v) is 9.89. The Morgan fingerprint density at radius 3 is 2.38 bits per heavy atom. The Hall–Kier alpha value is -3.02. The number of amides is 2. The Morgan fingerprint density at radius 2 is 1.72 bits per heavy atom. The van der Waals surface area contributed by atoms with Crippen LogP contribution in [0, 0.1) is 13.8 Å². The number of rotatable bonds is 6. The van der Waals surface area contributed by atoms with Crippen molar-refractivity contribution in [2.75, 3.05) is 26.8 Å². The van der Waals surface area contributed by atoms with Crippen molar-refractivity contribution in [1.29, 1.82) is 0 Å². The molecule has 29 heavy (non-hydrogen) atoms. The average Bonchev–Trinajstić information content (AvgIpc) is 2.74. The van der Waals surface area contributed by atoms with Gasteiger partial charge in [0.15, 0.2) is 18.1 Å². The van der Waals surface area contributed by atoms with Crippen LogP contribution in [-0.4, -0.2) is 49.6 Å². The van der Waals surface area contributed by atoms with Crippen LogP contribution in [0.25, 0.3) is 0 Å². The predicted octanol–water partition coefficient (Wildman–Crippen LogP) is 3.11. The number of hydrogen-bond donors (Lipinski definition) is 1. The first kappa shape index (κ1) is 20.7. The molecule has 6 heteroatoms. The number of para-hydroxylation sites is 2. The molecular weight excluding hydrogens is 368 g/mol. The van der Waals surface area contributed by atoms with Gasteiger partial charge in [-0.15, -0.1) is 0 Å². The highest BCUT2D eigenvalue weighted by Gasteiger charge is 2.25. The summed E-state index contributed by atoms with van der Waals surface area (Å²) < 4.78 is 10.8. The van der Waals surface area contributed by atoms with E-state index in [0.29, 0.717) is 24.6 Å². The van der Waals surface area contributed by atoms with Crippen LogP contribution in [0.2, 0.25) is 0 Å². The number of methoxy groups -OCH3 is 1. The zero-order valence-electron chi connectivity index (χ0n) is 17.2. The number of hydrogen-bond acceptors (Lipinski definition) is 4. The molecule has 2 amide bonds. The molecule has 2 aromatic rings. The zero-order chi connectivity index (χ0) is 20.8. The second-order valence-corrected chi connectivity index (χ2v) is 7.37. The third-order valence-electron chi connectivity index (χ3n) is 5.33. The third kappa shape index (κ3) is 5.28. The lowest BCUT2D eigenvalue weighted by Crippen LogP contribution is -2.47. The average molecular weight is 396 g/mol. The van der Waals surface area contributed by atoms with Crippen molar-refractivity contribution < 1.29 is 19.1 Å². The number of ether oxygens (including phenoxy) is 2. The molecule has 1 aliphatic rings. The molecule has 3 rings (SSSR count). The van der Waals surface area contributed by atoms with Crippen LogP contribution < -0.4 is 14.8 Å². The maximum Gasteiger partial charge on any atom is 0.258 e. The van der Waals surface area contributed by atoms with Gasteiger partial charge in [0.2, 0.25) is 0 Å². The van der Waals surface area contributed by atoms with Crippen molar-refractivity contribution >= 4 is 11.8 Å². The molecule has 6 nitrogen and oxygen atoms in total. The van der Waals surface area contributed by atoms with Gasteiger partial charge in [-0.1, -0.05) is 18.2 Å². The highest BCUT2D eigenvalue weighted by molar-refractivity contribution is 5.94. The van der Waals surface area contributed by atoms with Gasteiger partial charge in [-0.3, -0.25) is 9.59 Å². The van der Waals surface area contributed by atoms with E-state index in [-0.39, 0.29) is 24.5 Å². The molecule has 0 radical (unpaired) electrons. The van der Waals surface area contributed by atoms with Crippen LogP contribution in [0.5, 0.6) is 11.5 Å². The Morgan fingerprint density at radius 1 is 1.03 bits per heavy atom. The second-order valence-electron chi connectivity index (χ2n) is 7.37. The first-order valence-electron chi connectivity index (χ1n) is 9.89. The van der Waals surface area contributed by atoms with E-state index in [9.17, 15) is 9.59 Å². The molecule has 1 heterocycles. The van der Waals surface area contributed by atoms with Crippen molar-refractivity contribution in [1.82, 2.24) is 10.2 Å². The SMILES string of the molecule is COc1ccccc1OCC(=O)NC1CCN(C(=O)c2ccc(C)c(C)c2)CC1. The number of carbonyl (C=O) groups excluding carboxylic acids is 2. The van der Waals surface area contributed by atoms with Crippen molar-refractivity contribution in [3.8, 4) is 11.5 Å². The Labute approximate surface area is 171 Å². The summed E-state index contributed by atoms with van der Waals surface area (Å²) in [4.78, 5) is 26.8. The Bertz CT molecular complexity index is 873. The van der Waals surface area contributed by atoms with Gasteiger partial charge in [0.1, 0.15) is 0 Å². The molecule has 154 valence electrons. The Balaban J connectivity index is 1.46. The largest absolute Gasteiger partial charge is 0.493 e. The molecule has 1 saturated heterocycles. The lowest BCUT2D eigenvalue weighted by Gasteiger charge is -2.32. The fraction of sp³-hybridized carbons (Fsp3) is 0.391. The molecule has 0 aromatic heterocycles. The summed E-state index contributed by atoms with van der Waals surface area (Å²) in [6.07, 6.45) is 1.47. The summed E-state index contributed by atoms with van der Waals surface area (Å²) >= 11 is 0. The molecule has 2 aromatic carbocycles. The smallest absolute Gasteiger partial charge is 0.258 e. The van der Waals surface area contributed by atoms with E-state index in [1.54, 1.807) is 19.2 Å². The minimum atomic E-state index is -0.171. The maximum absolute atomic E-state index is 12.7. The summed E-state index contributed by atoms with van der Waals surface area (Å²) in [7, 11) is 1.56. The minimum Gasteiger partial charge on any atom is -0.493 e. The number of carbonyl (C=O) groups is 2. The van der Waals surface area contributed by atoms with Crippen molar-refractivity contribution in [2.45, 2.75) is 32.7 Å². The molecule has 1 aliphatic heterocycles. The fourth-order valence-corrected chi connectivity index (χ4v) is 3.43. The topological polar surface area (TPSA) is 67.9 Å². The molecule has 0 aliphatic carbocycles. The predicted molar refractivity (Wildman–Crippen MR) is 111 cm³/mol. The minimum absolute atomic E-state index is 0.0487. The van der Waals surface area contributed by atoms with Crippen molar-refractivity contribution in [3.63, 3.8) is 0 Å². The lowest BCUT2D eigenvalue weighted by molar-refractivity contribution is -0.124. The molecule has 1 N–H and O–H groups in total. The van der Waals surface area contributed by atoms with Crippen LogP contribution in [0.4, 0.5) is 0 Å². The molecule has 0 unspecified atom stereocenters. The number of nitrogens with zero attached hydrogens (tertiary/aromatic N) is 1. The monoisotopic (exact) mass is 396 g/mol. The van der Waals surface area contributed by atoms with E-state index in [2.05, 4.69) is 5.32 Å². The van der Waals surface area contributed by atoms with E-state index in [1.165, 1.54) is 5.56 Å². The van der Waals surface area contributed by atoms with Crippen molar-refractivity contribution in [2.24, 2.45) is 0 Å². The molecule has 0 atom stereocenters. The van der Waals surface area contributed by atoms with Gasteiger partial charge < -0.3 is 19.7 Å². The highest BCUT2D eigenvalue weighted by Crippen LogP contribution is 2.25. The molecule has 0 saturated carbocycles. The van der Waals surface area contributed by atoms with Gasteiger partial charge in [-0.2, -0.15) is 0 Å². The van der Waals surface area contributed by atoms with Gasteiger partial charge in [0, 0.05) is 24.7 Å². The zero-order valence-corrected chi connectivity index (χ0v) is 17.2. The lowest BCUT2D eigenvalue weighted by atomic mass is 10.0. The number of likely N-dealkylation sites (tertiary alicyclic amines) is 1. The Kier molecular flexibility index (Phi) is 6.75. The van der Waals surface area contributed by atoms with Gasteiger partial charge in [0.05, 0.1) is 7.11 Å². The van der Waals surface area contributed by atoms with E-state index >= 15 is 0 Å². The molecular formula is C23H28N2O4. The van der Waals surface area contributed by atoms with Gasteiger partial charge in [-0.25, -0.2) is 0 Å². The summed E-state index contributed by atoms with van der Waals surface area (Å²) in [5, 5.41) is 3.00. The summed E-state index contributed by atoms with van der Waals surface area (Å²) in [5.41, 5.74) is 3.02. The summed E-state index contributed by atoms with van der Waals surface area (Å²) in [6.45, 7) is 5.24. The van der Waals surface area contributed by atoms with E-state index in [0.717, 1.165) is 24.0 Å². The molecule has 1 fully saturated rings. The number of piperidine rings is 1. The number of nitrogens with one attached hydrogen (secondary N) is 1. The molecule has 0 spiro atoms. The second kappa shape index (κ2) is 9.45. The fourth-order valence-electron chi connectivity index (χ4n) is 3.43.